The SMILES string of the molecule is CC(C)CNc1nnc(S[C@H](C)C(=O)NCc2ccccc2Cl)s1. The van der Waals surface area contributed by atoms with E-state index in [1.54, 1.807) is 0 Å². The predicted octanol–water partition coefficient (Wildman–Crippen LogP) is 4.06. The summed E-state index contributed by atoms with van der Waals surface area (Å²) in [4.78, 5) is 12.2. The molecule has 1 heterocycles. The van der Waals surface area contributed by atoms with E-state index in [1.807, 2.05) is 31.2 Å². The number of carbonyl (C=O) groups is 1. The highest BCUT2D eigenvalue weighted by atomic mass is 35.5. The summed E-state index contributed by atoms with van der Waals surface area (Å²) in [5.41, 5.74) is 0.904. The minimum atomic E-state index is -0.251. The highest BCUT2D eigenvalue weighted by Crippen LogP contribution is 2.29. The van der Waals surface area contributed by atoms with Gasteiger partial charge in [0.1, 0.15) is 0 Å². The number of rotatable bonds is 8. The molecular formula is C16H21ClN4OS2. The van der Waals surface area contributed by atoms with Crippen LogP contribution in [0.4, 0.5) is 5.13 Å². The number of nitrogens with zero attached hydrogens (tertiary/aromatic N) is 2. The molecule has 1 aromatic carbocycles. The average molecular weight is 385 g/mol. The molecule has 130 valence electrons. The molecule has 0 aliphatic carbocycles. The summed E-state index contributed by atoms with van der Waals surface area (Å²) < 4.78 is 0.779. The van der Waals surface area contributed by atoms with Crippen molar-refractivity contribution in [3.8, 4) is 0 Å². The van der Waals surface area contributed by atoms with Crippen LogP contribution >= 0.6 is 34.7 Å². The van der Waals surface area contributed by atoms with Crippen LogP contribution in [0, 0.1) is 5.92 Å². The molecule has 5 nitrogen and oxygen atoms in total. The molecule has 1 amide bonds. The van der Waals surface area contributed by atoms with E-state index in [0.29, 0.717) is 17.5 Å². The summed E-state index contributed by atoms with van der Waals surface area (Å²) in [6.07, 6.45) is 0. The van der Waals surface area contributed by atoms with Crippen molar-refractivity contribution in [3.05, 3.63) is 34.9 Å². The Balaban J connectivity index is 1.82. The summed E-state index contributed by atoms with van der Waals surface area (Å²) in [7, 11) is 0. The lowest BCUT2D eigenvalue weighted by molar-refractivity contribution is -0.120. The number of thioether (sulfide) groups is 1. The number of halogens is 1. The maximum atomic E-state index is 12.2. The first-order valence-electron chi connectivity index (χ1n) is 7.71. The van der Waals surface area contributed by atoms with Crippen LogP contribution in [-0.2, 0) is 11.3 Å². The maximum Gasteiger partial charge on any atom is 0.233 e. The van der Waals surface area contributed by atoms with E-state index in [-0.39, 0.29) is 11.2 Å². The monoisotopic (exact) mass is 384 g/mol. The minimum absolute atomic E-state index is 0.0493. The highest BCUT2D eigenvalue weighted by Gasteiger charge is 2.17. The number of amides is 1. The van der Waals surface area contributed by atoms with Gasteiger partial charge in [0.15, 0.2) is 4.34 Å². The van der Waals surface area contributed by atoms with Crippen LogP contribution in [0.25, 0.3) is 0 Å². The topological polar surface area (TPSA) is 66.9 Å². The quantitative estimate of drug-likeness (QED) is 0.672. The van der Waals surface area contributed by atoms with Gasteiger partial charge < -0.3 is 10.6 Å². The molecule has 0 unspecified atom stereocenters. The second kappa shape index (κ2) is 9.25. The molecule has 0 saturated carbocycles. The standard InChI is InChI=1S/C16H21ClN4OS2/c1-10(2)8-19-15-20-21-16(24-15)23-11(3)14(22)18-9-12-6-4-5-7-13(12)17/h4-7,10-11H,8-9H2,1-3H3,(H,18,22)(H,19,20)/t11-/m1/s1. The zero-order valence-corrected chi connectivity index (χ0v) is 16.3. The zero-order chi connectivity index (χ0) is 17.5. The Morgan fingerprint density at radius 1 is 1.29 bits per heavy atom. The van der Waals surface area contributed by atoms with Crippen molar-refractivity contribution in [1.29, 1.82) is 0 Å². The number of carbonyl (C=O) groups excluding carboxylic acids is 1. The van der Waals surface area contributed by atoms with E-state index in [2.05, 4.69) is 34.7 Å². The fourth-order valence-corrected chi connectivity index (χ4v) is 3.92. The van der Waals surface area contributed by atoms with Crippen molar-refractivity contribution in [2.45, 2.75) is 36.9 Å². The van der Waals surface area contributed by atoms with E-state index in [4.69, 9.17) is 11.6 Å². The summed E-state index contributed by atoms with van der Waals surface area (Å²) in [5.74, 6) is 0.492. The number of hydrogen-bond donors (Lipinski definition) is 2. The average Bonchev–Trinajstić information content (AvgIpc) is 2.99. The Hall–Kier alpha value is -1.31. The molecule has 0 bridgehead atoms. The number of aromatic nitrogens is 2. The number of benzene rings is 1. The Bertz CT molecular complexity index is 678. The molecule has 0 saturated heterocycles. The van der Waals surface area contributed by atoms with Crippen LogP contribution in [0.5, 0.6) is 0 Å². The maximum absolute atomic E-state index is 12.2. The van der Waals surface area contributed by atoms with Crippen LogP contribution in [0.3, 0.4) is 0 Å². The number of anilines is 1. The van der Waals surface area contributed by atoms with E-state index >= 15 is 0 Å². The summed E-state index contributed by atoms with van der Waals surface area (Å²) in [6, 6.07) is 7.48. The largest absolute Gasteiger partial charge is 0.360 e. The van der Waals surface area contributed by atoms with E-state index < -0.39 is 0 Å². The van der Waals surface area contributed by atoms with Crippen molar-refractivity contribution >= 4 is 45.7 Å². The molecule has 0 aliphatic rings. The van der Waals surface area contributed by atoms with Crippen molar-refractivity contribution in [1.82, 2.24) is 15.5 Å². The molecule has 0 spiro atoms. The first-order valence-corrected chi connectivity index (χ1v) is 9.78. The van der Waals surface area contributed by atoms with Gasteiger partial charge in [-0.05, 0) is 24.5 Å². The molecule has 24 heavy (non-hydrogen) atoms. The van der Waals surface area contributed by atoms with Gasteiger partial charge in [-0.3, -0.25) is 4.79 Å². The lowest BCUT2D eigenvalue weighted by Gasteiger charge is -2.11. The smallest absolute Gasteiger partial charge is 0.233 e. The van der Waals surface area contributed by atoms with Gasteiger partial charge in [0.2, 0.25) is 11.0 Å². The van der Waals surface area contributed by atoms with Gasteiger partial charge in [-0.2, -0.15) is 0 Å². The number of nitrogens with one attached hydrogen (secondary N) is 2. The van der Waals surface area contributed by atoms with Crippen LogP contribution in [0.1, 0.15) is 26.3 Å². The van der Waals surface area contributed by atoms with E-state index in [1.165, 1.54) is 23.1 Å². The van der Waals surface area contributed by atoms with Crippen molar-refractivity contribution in [2.75, 3.05) is 11.9 Å². The van der Waals surface area contributed by atoms with Crippen molar-refractivity contribution < 1.29 is 4.79 Å². The normalized spacial score (nSPS) is 12.2. The molecule has 0 radical (unpaired) electrons. The molecule has 8 heteroatoms. The first kappa shape index (κ1) is 19.0. The lowest BCUT2D eigenvalue weighted by atomic mass is 10.2. The van der Waals surface area contributed by atoms with Crippen LogP contribution in [0.2, 0.25) is 5.02 Å². The van der Waals surface area contributed by atoms with E-state index in [0.717, 1.165) is 21.6 Å². The third-order valence-electron chi connectivity index (χ3n) is 3.13. The van der Waals surface area contributed by atoms with Crippen LogP contribution < -0.4 is 10.6 Å². The predicted molar refractivity (Wildman–Crippen MR) is 102 cm³/mol. The highest BCUT2D eigenvalue weighted by molar-refractivity contribution is 8.02. The van der Waals surface area contributed by atoms with Gasteiger partial charge in [0.25, 0.3) is 0 Å². The molecule has 1 atom stereocenters. The third kappa shape index (κ3) is 5.96. The van der Waals surface area contributed by atoms with Crippen molar-refractivity contribution in [3.63, 3.8) is 0 Å². The second-order valence-corrected chi connectivity index (χ2v) is 8.69. The van der Waals surface area contributed by atoms with Gasteiger partial charge in [-0.15, -0.1) is 10.2 Å². The summed E-state index contributed by atoms with van der Waals surface area (Å²) in [5, 5.41) is 15.5. The van der Waals surface area contributed by atoms with Crippen LogP contribution in [0.15, 0.2) is 28.6 Å². The fourth-order valence-electron chi connectivity index (χ4n) is 1.79. The molecular weight excluding hydrogens is 364 g/mol. The summed E-state index contributed by atoms with van der Waals surface area (Å²) >= 11 is 8.96. The van der Waals surface area contributed by atoms with Crippen molar-refractivity contribution in [2.24, 2.45) is 5.92 Å². The van der Waals surface area contributed by atoms with Gasteiger partial charge in [-0.1, -0.05) is 66.7 Å². The molecule has 2 N–H and O–H groups in total. The van der Waals surface area contributed by atoms with Gasteiger partial charge >= 0.3 is 0 Å². The molecule has 1 aromatic heterocycles. The molecule has 0 aliphatic heterocycles. The number of hydrogen-bond acceptors (Lipinski definition) is 6. The van der Waals surface area contributed by atoms with Gasteiger partial charge in [-0.25, -0.2) is 0 Å². The lowest BCUT2D eigenvalue weighted by Crippen LogP contribution is -2.30. The second-order valence-electron chi connectivity index (χ2n) is 5.72. The zero-order valence-electron chi connectivity index (χ0n) is 13.9. The fraction of sp³-hybridized carbons (Fsp3) is 0.438. The van der Waals surface area contributed by atoms with Gasteiger partial charge in [0, 0.05) is 18.1 Å². The van der Waals surface area contributed by atoms with Gasteiger partial charge in [0.05, 0.1) is 5.25 Å². The Labute approximate surface area is 155 Å². The Morgan fingerprint density at radius 2 is 2.04 bits per heavy atom. The molecule has 0 fully saturated rings. The third-order valence-corrected chi connectivity index (χ3v) is 5.56. The molecule has 2 aromatic rings. The summed E-state index contributed by atoms with van der Waals surface area (Å²) in [6.45, 7) is 7.40. The molecule has 2 rings (SSSR count). The van der Waals surface area contributed by atoms with Crippen LogP contribution in [-0.4, -0.2) is 27.9 Å². The Morgan fingerprint density at radius 3 is 2.75 bits per heavy atom. The first-order chi connectivity index (χ1) is 11.5. The Kier molecular flexibility index (Phi) is 7.33. The van der Waals surface area contributed by atoms with E-state index in [9.17, 15) is 4.79 Å². The minimum Gasteiger partial charge on any atom is -0.360 e.